The summed E-state index contributed by atoms with van der Waals surface area (Å²) in [7, 11) is 0. The Kier molecular flexibility index (Phi) is 2.60. The predicted molar refractivity (Wildman–Crippen MR) is 86.7 cm³/mol. The number of H-pyrrole nitrogens is 1. The molecule has 4 rings (SSSR count). The van der Waals surface area contributed by atoms with Gasteiger partial charge in [-0.15, -0.1) is 0 Å². The van der Waals surface area contributed by atoms with Crippen LogP contribution in [0, 0.1) is 0 Å². The second-order valence-electron chi connectivity index (χ2n) is 4.77. The number of nitrogens with zero attached hydrogens (tertiary/aromatic N) is 1. The maximum Gasteiger partial charge on any atom is 0.0702 e. The average Bonchev–Trinajstić information content (AvgIpc) is 2.88. The van der Waals surface area contributed by atoms with Crippen molar-refractivity contribution in [3.63, 3.8) is 0 Å². The third kappa shape index (κ3) is 1.74. The molecule has 96 valence electrons. The molecule has 0 atom stereocenters. The zero-order valence-corrected chi connectivity index (χ0v) is 12.2. The van der Waals surface area contributed by atoms with Crippen molar-refractivity contribution in [3.05, 3.63) is 65.3 Å². The fourth-order valence-electron chi connectivity index (χ4n) is 2.59. The van der Waals surface area contributed by atoms with Crippen molar-refractivity contribution in [3.8, 4) is 11.3 Å². The average molecular weight is 323 g/mol. The Morgan fingerprint density at radius 2 is 1.75 bits per heavy atom. The molecule has 20 heavy (non-hydrogen) atoms. The van der Waals surface area contributed by atoms with Gasteiger partial charge in [0.05, 0.1) is 11.2 Å². The molecule has 0 radical (unpaired) electrons. The van der Waals surface area contributed by atoms with Gasteiger partial charge in [-0.3, -0.25) is 4.98 Å². The number of aromatic nitrogens is 2. The predicted octanol–water partition coefficient (Wildman–Crippen LogP) is 5.15. The van der Waals surface area contributed by atoms with Gasteiger partial charge in [-0.1, -0.05) is 24.3 Å². The number of nitrogens with one attached hydrogen (secondary N) is 1. The molecule has 0 aliphatic rings. The van der Waals surface area contributed by atoms with Gasteiger partial charge in [0.2, 0.25) is 0 Å². The molecule has 3 heteroatoms. The van der Waals surface area contributed by atoms with Crippen LogP contribution in [0.15, 0.2) is 65.3 Å². The zero-order valence-electron chi connectivity index (χ0n) is 10.6. The van der Waals surface area contributed by atoms with Crippen molar-refractivity contribution < 1.29 is 0 Å². The monoisotopic (exact) mass is 322 g/mol. The third-order valence-electron chi connectivity index (χ3n) is 3.53. The highest BCUT2D eigenvalue weighted by Crippen LogP contribution is 2.34. The second-order valence-corrected chi connectivity index (χ2v) is 5.62. The molecule has 0 amide bonds. The van der Waals surface area contributed by atoms with Crippen molar-refractivity contribution in [2.24, 2.45) is 0 Å². The summed E-state index contributed by atoms with van der Waals surface area (Å²) in [5, 5.41) is 2.46. The first-order valence-corrected chi connectivity index (χ1v) is 7.23. The minimum Gasteiger partial charge on any atom is -0.354 e. The van der Waals surface area contributed by atoms with E-state index in [1.807, 2.05) is 30.5 Å². The lowest BCUT2D eigenvalue weighted by Crippen LogP contribution is -1.82. The van der Waals surface area contributed by atoms with E-state index in [4.69, 9.17) is 0 Å². The molecule has 0 bridgehead atoms. The van der Waals surface area contributed by atoms with E-state index in [0.29, 0.717) is 0 Å². The molecule has 0 unspecified atom stereocenters. The van der Waals surface area contributed by atoms with Crippen LogP contribution in [0.1, 0.15) is 0 Å². The lowest BCUT2D eigenvalue weighted by Gasteiger charge is -2.03. The number of pyridine rings is 1. The Balaban J connectivity index is 2.08. The first kappa shape index (κ1) is 11.7. The lowest BCUT2D eigenvalue weighted by atomic mass is 10.1. The molecule has 0 spiro atoms. The van der Waals surface area contributed by atoms with Crippen molar-refractivity contribution in [2.45, 2.75) is 0 Å². The molecular formula is C17H11BrN2. The van der Waals surface area contributed by atoms with E-state index in [2.05, 4.69) is 56.2 Å². The fourth-order valence-corrected chi connectivity index (χ4v) is 3.15. The summed E-state index contributed by atoms with van der Waals surface area (Å²) in [4.78, 5) is 7.89. The molecule has 1 N–H and O–H groups in total. The molecule has 2 nitrogen and oxygen atoms in total. The van der Waals surface area contributed by atoms with Crippen LogP contribution in [-0.2, 0) is 0 Å². The number of benzene rings is 2. The first-order valence-electron chi connectivity index (χ1n) is 6.44. The topological polar surface area (TPSA) is 28.7 Å². The van der Waals surface area contributed by atoms with E-state index in [9.17, 15) is 0 Å². The first-order chi connectivity index (χ1) is 9.83. The molecular weight excluding hydrogens is 312 g/mol. The molecule has 0 aliphatic heterocycles. The van der Waals surface area contributed by atoms with E-state index in [1.165, 1.54) is 10.8 Å². The van der Waals surface area contributed by atoms with Gasteiger partial charge in [0.1, 0.15) is 0 Å². The molecule has 0 aliphatic carbocycles. The standard InChI is InChI=1S/C17H11BrN2/c18-14-10-11(15-6-3-4-8-19-15)9-13-12-5-1-2-7-16(12)20-17(13)14/h1-10,20H. The minimum absolute atomic E-state index is 0.986. The highest BCUT2D eigenvalue weighted by atomic mass is 79.9. The number of para-hydroxylation sites is 1. The summed E-state index contributed by atoms with van der Waals surface area (Å²) in [6.45, 7) is 0. The molecule has 0 saturated heterocycles. The van der Waals surface area contributed by atoms with Crippen molar-refractivity contribution >= 4 is 37.7 Å². The van der Waals surface area contributed by atoms with Gasteiger partial charge >= 0.3 is 0 Å². The Morgan fingerprint density at radius 3 is 2.60 bits per heavy atom. The van der Waals surface area contributed by atoms with Crippen LogP contribution in [0.5, 0.6) is 0 Å². The Bertz CT molecular complexity index is 910. The largest absolute Gasteiger partial charge is 0.354 e. The SMILES string of the molecule is Brc1cc(-c2ccccn2)cc2c1[nH]c1ccccc12. The van der Waals surface area contributed by atoms with Crippen LogP contribution in [0.2, 0.25) is 0 Å². The highest BCUT2D eigenvalue weighted by Gasteiger charge is 2.09. The van der Waals surface area contributed by atoms with Crippen molar-refractivity contribution in [1.29, 1.82) is 0 Å². The minimum atomic E-state index is 0.986. The van der Waals surface area contributed by atoms with Crippen LogP contribution < -0.4 is 0 Å². The van der Waals surface area contributed by atoms with Gasteiger partial charge in [-0.25, -0.2) is 0 Å². The normalized spacial score (nSPS) is 11.2. The number of hydrogen-bond donors (Lipinski definition) is 1. The molecule has 0 fully saturated rings. The van der Waals surface area contributed by atoms with Gasteiger partial charge in [0.25, 0.3) is 0 Å². The van der Waals surface area contributed by atoms with E-state index in [-0.39, 0.29) is 0 Å². The summed E-state index contributed by atoms with van der Waals surface area (Å²) in [5.74, 6) is 0. The number of rotatable bonds is 1. The van der Waals surface area contributed by atoms with Gasteiger partial charge in [-0.2, -0.15) is 0 Å². The summed E-state index contributed by atoms with van der Waals surface area (Å²) in [6.07, 6.45) is 1.82. The zero-order chi connectivity index (χ0) is 13.5. The van der Waals surface area contributed by atoms with Gasteiger partial charge in [0, 0.05) is 32.5 Å². The molecule has 4 aromatic rings. The molecule has 2 heterocycles. The maximum absolute atomic E-state index is 4.43. The van der Waals surface area contributed by atoms with Crippen LogP contribution in [0.3, 0.4) is 0 Å². The summed E-state index contributed by atoms with van der Waals surface area (Å²) in [6, 6.07) is 18.6. The number of halogens is 1. The number of hydrogen-bond acceptors (Lipinski definition) is 1. The van der Waals surface area contributed by atoms with E-state index in [1.54, 1.807) is 0 Å². The molecule has 2 aromatic heterocycles. The van der Waals surface area contributed by atoms with Gasteiger partial charge < -0.3 is 4.98 Å². The highest BCUT2D eigenvalue weighted by molar-refractivity contribution is 9.10. The summed E-state index contributed by atoms with van der Waals surface area (Å²) >= 11 is 3.66. The summed E-state index contributed by atoms with van der Waals surface area (Å²) < 4.78 is 1.06. The number of aromatic amines is 1. The Labute approximate surface area is 124 Å². The third-order valence-corrected chi connectivity index (χ3v) is 4.15. The maximum atomic E-state index is 4.43. The van der Waals surface area contributed by atoms with E-state index in [0.717, 1.165) is 26.8 Å². The van der Waals surface area contributed by atoms with Crippen LogP contribution in [0.4, 0.5) is 0 Å². The fraction of sp³-hybridized carbons (Fsp3) is 0. The van der Waals surface area contributed by atoms with Crippen LogP contribution >= 0.6 is 15.9 Å². The number of fused-ring (bicyclic) bond motifs is 3. The van der Waals surface area contributed by atoms with Crippen LogP contribution in [-0.4, -0.2) is 9.97 Å². The molecule has 2 aromatic carbocycles. The molecule has 0 saturated carbocycles. The lowest BCUT2D eigenvalue weighted by molar-refractivity contribution is 1.33. The van der Waals surface area contributed by atoms with Gasteiger partial charge in [-0.05, 0) is 46.3 Å². The van der Waals surface area contributed by atoms with Crippen molar-refractivity contribution in [2.75, 3.05) is 0 Å². The Morgan fingerprint density at radius 1 is 0.900 bits per heavy atom. The van der Waals surface area contributed by atoms with Crippen molar-refractivity contribution in [1.82, 2.24) is 9.97 Å². The van der Waals surface area contributed by atoms with Gasteiger partial charge in [0.15, 0.2) is 0 Å². The second kappa shape index (κ2) is 4.46. The Hall–Kier alpha value is -2.13. The van der Waals surface area contributed by atoms with E-state index >= 15 is 0 Å². The quantitative estimate of drug-likeness (QED) is 0.516. The smallest absolute Gasteiger partial charge is 0.0702 e. The van der Waals surface area contributed by atoms with Crippen LogP contribution in [0.25, 0.3) is 33.1 Å². The van der Waals surface area contributed by atoms with E-state index < -0.39 is 0 Å². The summed E-state index contributed by atoms with van der Waals surface area (Å²) in [5.41, 5.74) is 4.39.